The first-order valence-electron chi connectivity index (χ1n) is 9.66. The molecule has 1 aliphatic heterocycles. The van der Waals surface area contributed by atoms with Crippen molar-refractivity contribution in [3.8, 4) is 11.4 Å². The molecule has 0 aliphatic carbocycles. The van der Waals surface area contributed by atoms with E-state index in [1.54, 1.807) is 48.0 Å². The SMILES string of the molecule is Cn1c(SCC(=O)c2ccc3c(c2)CCCN3S(C)(=O)=O)nnc1-c1ccccc1F. The first kappa shape index (κ1) is 21.5. The van der Waals surface area contributed by atoms with Crippen LogP contribution in [-0.4, -0.2) is 47.5 Å². The molecule has 0 N–H and O–H groups in total. The summed E-state index contributed by atoms with van der Waals surface area (Å²) in [4.78, 5) is 12.8. The van der Waals surface area contributed by atoms with Gasteiger partial charge in [0.25, 0.3) is 0 Å². The van der Waals surface area contributed by atoms with Crippen molar-refractivity contribution in [2.75, 3.05) is 22.9 Å². The topological polar surface area (TPSA) is 85.2 Å². The van der Waals surface area contributed by atoms with Crippen molar-refractivity contribution in [1.82, 2.24) is 14.8 Å². The Labute approximate surface area is 184 Å². The maximum Gasteiger partial charge on any atom is 0.232 e. The molecular formula is C21H21FN4O3S2. The van der Waals surface area contributed by atoms with Gasteiger partial charge in [0.1, 0.15) is 5.82 Å². The zero-order valence-corrected chi connectivity index (χ0v) is 18.7. The molecule has 2 aromatic carbocycles. The van der Waals surface area contributed by atoms with E-state index in [1.807, 2.05) is 0 Å². The quantitative estimate of drug-likeness (QED) is 0.415. The number of anilines is 1. The van der Waals surface area contributed by atoms with Crippen LogP contribution >= 0.6 is 11.8 Å². The van der Waals surface area contributed by atoms with E-state index in [0.29, 0.717) is 40.8 Å². The van der Waals surface area contributed by atoms with Crippen molar-refractivity contribution in [2.24, 2.45) is 7.05 Å². The molecule has 1 aliphatic rings. The van der Waals surface area contributed by atoms with Gasteiger partial charge in [-0.05, 0) is 48.7 Å². The third-order valence-electron chi connectivity index (χ3n) is 5.16. The monoisotopic (exact) mass is 460 g/mol. The molecular weight excluding hydrogens is 439 g/mol. The maximum absolute atomic E-state index is 14.1. The fraction of sp³-hybridized carbons (Fsp3) is 0.286. The molecule has 162 valence electrons. The predicted octanol–water partition coefficient (Wildman–Crippen LogP) is 3.31. The van der Waals surface area contributed by atoms with Crippen LogP contribution in [0.25, 0.3) is 11.4 Å². The van der Waals surface area contributed by atoms with E-state index in [4.69, 9.17) is 0 Å². The number of ketones is 1. The Morgan fingerprint density at radius 2 is 1.97 bits per heavy atom. The molecule has 10 heteroatoms. The van der Waals surface area contributed by atoms with Gasteiger partial charge in [-0.2, -0.15) is 0 Å². The highest BCUT2D eigenvalue weighted by Crippen LogP contribution is 2.31. The number of fused-ring (bicyclic) bond motifs is 1. The molecule has 0 atom stereocenters. The molecule has 0 spiro atoms. The molecule has 0 amide bonds. The standard InChI is InChI=1S/C21H21FN4O3S2/c1-25-20(16-7-3-4-8-17(16)22)23-24-21(25)30-13-19(27)15-9-10-18-14(12-15)6-5-11-26(18)31(2,28)29/h3-4,7-10,12H,5-6,11,13H2,1-2H3. The molecule has 1 aromatic heterocycles. The summed E-state index contributed by atoms with van der Waals surface area (Å²) in [6.07, 6.45) is 2.63. The van der Waals surface area contributed by atoms with E-state index in [0.717, 1.165) is 12.0 Å². The van der Waals surface area contributed by atoms with Crippen molar-refractivity contribution in [2.45, 2.75) is 18.0 Å². The van der Waals surface area contributed by atoms with Gasteiger partial charge < -0.3 is 4.57 Å². The Morgan fingerprint density at radius 1 is 1.19 bits per heavy atom. The van der Waals surface area contributed by atoms with Crippen molar-refractivity contribution >= 4 is 33.3 Å². The van der Waals surface area contributed by atoms with Gasteiger partial charge in [-0.15, -0.1) is 10.2 Å². The fourth-order valence-electron chi connectivity index (χ4n) is 3.61. The summed E-state index contributed by atoms with van der Waals surface area (Å²) >= 11 is 1.22. The Bertz CT molecular complexity index is 1260. The molecule has 0 radical (unpaired) electrons. The largest absolute Gasteiger partial charge is 0.305 e. The number of aryl methyl sites for hydroxylation is 1. The number of Topliss-reactive ketones (excluding diaryl/α,β-unsaturated/α-hetero) is 1. The van der Waals surface area contributed by atoms with Crippen LogP contribution in [0, 0.1) is 5.82 Å². The fourth-order valence-corrected chi connectivity index (χ4v) is 5.41. The average molecular weight is 461 g/mol. The lowest BCUT2D eigenvalue weighted by Crippen LogP contribution is -2.34. The van der Waals surface area contributed by atoms with E-state index < -0.39 is 10.0 Å². The highest BCUT2D eigenvalue weighted by atomic mass is 32.2. The van der Waals surface area contributed by atoms with Crippen molar-refractivity contribution in [1.29, 1.82) is 0 Å². The number of nitrogens with zero attached hydrogens (tertiary/aromatic N) is 4. The molecule has 4 rings (SSSR count). The minimum atomic E-state index is -3.35. The van der Waals surface area contributed by atoms with Gasteiger partial charge in [0.05, 0.1) is 23.3 Å². The molecule has 31 heavy (non-hydrogen) atoms. The van der Waals surface area contributed by atoms with Crippen LogP contribution in [-0.2, 0) is 23.5 Å². The van der Waals surface area contributed by atoms with Crippen molar-refractivity contribution < 1.29 is 17.6 Å². The van der Waals surface area contributed by atoms with Gasteiger partial charge in [0.2, 0.25) is 10.0 Å². The minimum Gasteiger partial charge on any atom is -0.305 e. The third kappa shape index (κ3) is 4.35. The van der Waals surface area contributed by atoms with Gasteiger partial charge in [-0.1, -0.05) is 23.9 Å². The number of hydrogen-bond donors (Lipinski definition) is 0. The first-order valence-corrected chi connectivity index (χ1v) is 12.5. The number of thioether (sulfide) groups is 1. The van der Waals surface area contributed by atoms with Gasteiger partial charge in [0, 0.05) is 19.2 Å². The van der Waals surface area contributed by atoms with Crippen LogP contribution in [0.2, 0.25) is 0 Å². The Balaban J connectivity index is 1.50. The average Bonchev–Trinajstić information content (AvgIpc) is 3.11. The van der Waals surface area contributed by atoms with Gasteiger partial charge in [0.15, 0.2) is 16.8 Å². The smallest absolute Gasteiger partial charge is 0.232 e. The Hall–Kier alpha value is -2.72. The highest BCUT2D eigenvalue weighted by molar-refractivity contribution is 7.99. The molecule has 2 heterocycles. The number of carbonyl (C=O) groups is 1. The van der Waals surface area contributed by atoms with Gasteiger partial charge >= 0.3 is 0 Å². The Morgan fingerprint density at radius 3 is 2.71 bits per heavy atom. The summed E-state index contributed by atoms with van der Waals surface area (Å²) < 4.78 is 41.1. The normalized spacial score (nSPS) is 13.8. The van der Waals surface area contributed by atoms with E-state index in [-0.39, 0.29) is 17.4 Å². The van der Waals surface area contributed by atoms with Crippen LogP contribution in [0.4, 0.5) is 10.1 Å². The summed E-state index contributed by atoms with van der Waals surface area (Å²) in [5.41, 5.74) is 2.37. The second kappa shape index (κ2) is 8.43. The summed E-state index contributed by atoms with van der Waals surface area (Å²) in [6.45, 7) is 0.450. The predicted molar refractivity (Wildman–Crippen MR) is 118 cm³/mol. The number of rotatable bonds is 6. The van der Waals surface area contributed by atoms with Crippen molar-refractivity contribution in [3.05, 3.63) is 59.4 Å². The van der Waals surface area contributed by atoms with E-state index in [2.05, 4.69) is 10.2 Å². The van der Waals surface area contributed by atoms with Crippen LogP contribution in [0.5, 0.6) is 0 Å². The second-order valence-electron chi connectivity index (χ2n) is 7.34. The molecule has 0 bridgehead atoms. The zero-order chi connectivity index (χ0) is 22.2. The lowest BCUT2D eigenvalue weighted by molar-refractivity contribution is 0.102. The maximum atomic E-state index is 14.1. The van der Waals surface area contributed by atoms with Crippen LogP contribution < -0.4 is 4.31 Å². The van der Waals surface area contributed by atoms with Crippen LogP contribution in [0.15, 0.2) is 47.6 Å². The summed E-state index contributed by atoms with van der Waals surface area (Å²) in [5.74, 6) is 0.0444. The van der Waals surface area contributed by atoms with Crippen LogP contribution in [0.1, 0.15) is 22.3 Å². The van der Waals surface area contributed by atoms with Gasteiger partial charge in [-0.3, -0.25) is 9.10 Å². The molecule has 0 saturated carbocycles. The summed E-state index contributed by atoms with van der Waals surface area (Å²) in [6, 6.07) is 11.5. The van der Waals surface area contributed by atoms with Crippen LogP contribution in [0.3, 0.4) is 0 Å². The zero-order valence-electron chi connectivity index (χ0n) is 17.1. The molecule has 7 nitrogen and oxygen atoms in total. The first-order chi connectivity index (χ1) is 14.8. The van der Waals surface area contributed by atoms with E-state index >= 15 is 0 Å². The number of halogens is 1. The van der Waals surface area contributed by atoms with E-state index in [1.165, 1.54) is 28.4 Å². The van der Waals surface area contributed by atoms with Crippen molar-refractivity contribution in [3.63, 3.8) is 0 Å². The van der Waals surface area contributed by atoms with E-state index in [9.17, 15) is 17.6 Å². The Kier molecular flexibility index (Phi) is 5.85. The molecule has 0 saturated heterocycles. The summed E-state index contributed by atoms with van der Waals surface area (Å²) in [7, 11) is -1.62. The lowest BCUT2D eigenvalue weighted by atomic mass is 9.99. The number of hydrogen-bond acceptors (Lipinski definition) is 6. The number of sulfonamides is 1. The number of benzene rings is 2. The highest BCUT2D eigenvalue weighted by Gasteiger charge is 2.25. The molecule has 0 fully saturated rings. The molecule has 0 unspecified atom stereocenters. The molecule has 3 aromatic rings. The third-order valence-corrected chi connectivity index (χ3v) is 7.36. The minimum absolute atomic E-state index is 0.0975. The second-order valence-corrected chi connectivity index (χ2v) is 10.2. The lowest BCUT2D eigenvalue weighted by Gasteiger charge is -2.29. The number of aromatic nitrogens is 3. The number of carbonyl (C=O) groups excluding carboxylic acids is 1. The van der Waals surface area contributed by atoms with Gasteiger partial charge in [-0.25, -0.2) is 12.8 Å². The summed E-state index contributed by atoms with van der Waals surface area (Å²) in [5, 5.41) is 8.66.